The van der Waals surface area contributed by atoms with Gasteiger partial charge >= 0.3 is 7.60 Å². The summed E-state index contributed by atoms with van der Waals surface area (Å²) in [4.78, 5) is 18.2. The van der Waals surface area contributed by atoms with Crippen LogP contribution in [0.5, 0.6) is 5.75 Å². The summed E-state index contributed by atoms with van der Waals surface area (Å²) in [6, 6.07) is 10.0. The summed E-state index contributed by atoms with van der Waals surface area (Å²) in [5, 5.41) is 11.0. The smallest absolute Gasteiger partial charge is 0.346 e. The molecule has 5 N–H and O–H groups in total. The fourth-order valence-corrected chi connectivity index (χ4v) is 2.37. The fourth-order valence-electron chi connectivity index (χ4n) is 1.76. The Kier molecular flexibility index (Phi) is 2.93. The van der Waals surface area contributed by atoms with Crippen molar-refractivity contribution in [1.82, 2.24) is 0 Å². The van der Waals surface area contributed by atoms with Crippen LogP contribution >= 0.6 is 7.60 Å². The number of phenols is 1. The summed E-state index contributed by atoms with van der Waals surface area (Å²) in [5.74, 6) is -1.73. The van der Waals surface area contributed by atoms with E-state index in [9.17, 15) is 9.67 Å². The molecule has 0 aliphatic carbocycles. The summed E-state index contributed by atoms with van der Waals surface area (Å²) in [5.41, 5.74) is 5.60. The summed E-state index contributed by atoms with van der Waals surface area (Å²) in [6.07, 6.45) is 0. The van der Waals surface area contributed by atoms with Crippen molar-refractivity contribution in [2.24, 2.45) is 5.73 Å². The molecule has 17 heavy (non-hydrogen) atoms. The SMILES string of the molecule is NC(c1c(O)ccc2ccccc12)P(=O)(O)O. The summed E-state index contributed by atoms with van der Waals surface area (Å²) in [7, 11) is -4.49. The first kappa shape index (κ1) is 12.1. The zero-order chi connectivity index (χ0) is 12.6. The molecule has 2 aromatic carbocycles. The normalized spacial score (nSPS) is 13.8. The molecule has 5 nitrogen and oxygen atoms in total. The van der Waals surface area contributed by atoms with E-state index in [1.54, 1.807) is 30.3 Å². The molecule has 0 aromatic heterocycles. The van der Waals surface area contributed by atoms with E-state index in [-0.39, 0.29) is 11.3 Å². The maximum Gasteiger partial charge on any atom is 0.346 e. The second-order valence-electron chi connectivity index (χ2n) is 3.75. The van der Waals surface area contributed by atoms with Crippen LogP contribution in [0.1, 0.15) is 11.3 Å². The lowest BCUT2D eigenvalue weighted by atomic mass is 10.0. The van der Waals surface area contributed by atoms with Crippen molar-refractivity contribution in [3.05, 3.63) is 42.0 Å². The number of benzene rings is 2. The van der Waals surface area contributed by atoms with Gasteiger partial charge in [-0.3, -0.25) is 4.57 Å². The molecular formula is C11H12NO4P. The van der Waals surface area contributed by atoms with Crippen LogP contribution in [0.2, 0.25) is 0 Å². The number of aromatic hydroxyl groups is 1. The molecule has 1 atom stereocenters. The van der Waals surface area contributed by atoms with Gasteiger partial charge in [0.2, 0.25) is 0 Å². The van der Waals surface area contributed by atoms with Crippen molar-refractivity contribution in [3.63, 3.8) is 0 Å². The van der Waals surface area contributed by atoms with Gasteiger partial charge in [-0.05, 0) is 16.8 Å². The Morgan fingerprint density at radius 3 is 2.41 bits per heavy atom. The van der Waals surface area contributed by atoms with Crippen molar-refractivity contribution in [3.8, 4) is 5.75 Å². The summed E-state index contributed by atoms with van der Waals surface area (Å²) in [6.45, 7) is 0. The van der Waals surface area contributed by atoms with Gasteiger partial charge in [0.15, 0.2) is 0 Å². The Morgan fingerprint density at radius 1 is 1.12 bits per heavy atom. The molecule has 0 fully saturated rings. The molecule has 0 aliphatic heterocycles. The van der Waals surface area contributed by atoms with Crippen LogP contribution in [0.25, 0.3) is 10.8 Å². The lowest BCUT2D eigenvalue weighted by Gasteiger charge is -2.17. The third-order valence-electron chi connectivity index (χ3n) is 2.61. The maximum atomic E-state index is 11.2. The van der Waals surface area contributed by atoms with E-state index in [2.05, 4.69) is 0 Å². The van der Waals surface area contributed by atoms with E-state index < -0.39 is 13.4 Å². The van der Waals surface area contributed by atoms with Gasteiger partial charge in [-0.15, -0.1) is 0 Å². The van der Waals surface area contributed by atoms with Gasteiger partial charge in [0.05, 0.1) is 0 Å². The third kappa shape index (κ3) is 2.18. The van der Waals surface area contributed by atoms with Crippen LogP contribution in [0.15, 0.2) is 36.4 Å². The lowest BCUT2D eigenvalue weighted by Crippen LogP contribution is -2.11. The monoisotopic (exact) mass is 253 g/mol. The van der Waals surface area contributed by atoms with Gasteiger partial charge < -0.3 is 20.6 Å². The molecule has 6 heteroatoms. The second-order valence-corrected chi connectivity index (χ2v) is 5.49. The van der Waals surface area contributed by atoms with Crippen LogP contribution < -0.4 is 5.73 Å². The van der Waals surface area contributed by atoms with Gasteiger partial charge in [0.1, 0.15) is 11.5 Å². The number of nitrogens with two attached hydrogens (primary N) is 1. The van der Waals surface area contributed by atoms with Crippen LogP contribution in [-0.2, 0) is 4.57 Å². The molecule has 90 valence electrons. The summed E-state index contributed by atoms with van der Waals surface area (Å²) >= 11 is 0. The van der Waals surface area contributed by atoms with E-state index in [4.69, 9.17) is 15.5 Å². The second kappa shape index (κ2) is 4.13. The highest BCUT2D eigenvalue weighted by Gasteiger charge is 2.30. The van der Waals surface area contributed by atoms with Crippen LogP contribution in [0, 0.1) is 0 Å². The van der Waals surface area contributed by atoms with Gasteiger partial charge in [-0.2, -0.15) is 0 Å². The predicted molar refractivity (Wildman–Crippen MR) is 64.6 cm³/mol. The number of hydrogen-bond acceptors (Lipinski definition) is 3. The van der Waals surface area contributed by atoms with E-state index in [1.165, 1.54) is 6.07 Å². The Balaban J connectivity index is 2.75. The molecule has 0 bridgehead atoms. The quantitative estimate of drug-likeness (QED) is 0.609. The molecule has 1 unspecified atom stereocenters. The Labute approximate surface area is 97.7 Å². The maximum absolute atomic E-state index is 11.2. The third-order valence-corrected chi connectivity index (χ3v) is 3.59. The molecule has 0 heterocycles. The van der Waals surface area contributed by atoms with Gasteiger partial charge in [0, 0.05) is 5.56 Å². The predicted octanol–water partition coefficient (Wildman–Crippen LogP) is 1.68. The molecule has 2 aromatic rings. The highest BCUT2D eigenvalue weighted by atomic mass is 31.2. The molecule has 0 amide bonds. The van der Waals surface area contributed by atoms with Crippen molar-refractivity contribution in [2.45, 2.75) is 5.78 Å². The molecule has 0 spiro atoms. The van der Waals surface area contributed by atoms with Crippen molar-refractivity contribution >= 4 is 18.4 Å². The number of hydrogen-bond donors (Lipinski definition) is 4. The standard InChI is InChI=1S/C11H12NO4P/c12-11(17(14,15)16)10-8-4-2-1-3-7(8)5-6-9(10)13/h1-6,11,13H,12H2,(H2,14,15,16). The minimum Gasteiger partial charge on any atom is -0.508 e. The molecule has 0 aliphatic rings. The first-order valence-corrected chi connectivity index (χ1v) is 6.61. The van der Waals surface area contributed by atoms with Crippen LogP contribution in [0.4, 0.5) is 0 Å². The van der Waals surface area contributed by atoms with Gasteiger partial charge in [0.25, 0.3) is 0 Å². The van der Waals surface area contributed by atoms with E-state index in [1.807, 2.05) is 0 Å². The highest BCUT2D eigenvalue weighted by molar-refractivity contribution is 7.52. The molecule has 0 saturated heterocycles. The zero-order valence-electron chi connectivity index (χ0n) is 8.82. The highest BCUT2D eigenvalue weighted by Crippen LogP contribution is 2.51. The van der Waals surface area contributed by atoms with Crippen LogP contribution in [0.3, 0.4) is 0 Å². The van der Waals surface area contributed by atoms with Gasteiger partial charge in [-0.25, -0.2) is 0 Å². The first-order valence-electron chi connectivity index (χ1n) is 4.92. The topological polar surface area (TPSA) is 104 Å². The minimum absolute atomic E-state index is 0.0800. The molecule has 0 saturated carbocycles. The average Bonchev–Trinajstić information content (AvgIpc) is 2.27. The fraction of sp³-hybridized carbons (Fsp3) is 0.0909. The van der Waals surface area contributed by atoms with E-state index in [0.717, 1.165) is 5.39 Å². The molecule has 0 radical (unpaired) electrons. The first-order chi connectivity index (χ1) is 7.91. The largest absolute Gasteiger partial charge is 0.508 e. The zero-order valence-corrected chi connectivity index (χ0v) is 9.71. The number of phenolic OH excluding ortho intramolecular Hbond substituents is 1. The van der Waals surface area contributed by atoms with Crippen molar-refractivity contribution < 1.29 is 19.5 Å². The Morgan fingerprint density at radius 2 is 1.76 bits per heavy atom. The Bertz CT molecular complexity index is 607. The van der Waals surface area contributed by atoms with Crippen molar-refractivity contribution in [1.29, 1.82) is 0 Å². The molecular weight excluding hydrogens is 241 g/mol. The van der Waals surface area contributed by atoms with Gasteiger partial charge in [-0.1, -0.05) is 30.3 Å². The Hall–Kier alpha value is -1.39. The van der Waals surface area contributed by atoms with E-state index >= 15 is 0 Å². The van der Waals surface area contributed by atoms with Crippen LogP contribution in [-0.4, -0.2) is 14.9 Å². The minimum atomic E-state index is -4.49. The molecule has 2 rings (SSSR count). The number of fused-ring (bicyclic) bond motifs is 1. The lowest BCUT2D eigenvalue weighted by molar-refractivity contribution is 0.357. The average molecular weight is 253 g/mol. The number of rotatable bonds is 2. The van der Waals surface area contributed by atoms with E-state index in [0.29, 0.717) is 5.39 Å². The van der Waals surface area contributed by atoms with Crippen molar-refractivity contribution in [2.75, 3.05) is 0 Å². The summed E-state index contributed by atoms with van der Waals surface area (Å²) < 4.78 is 11.2.